The quantitative estimate of drug-likeness (QED) is 0.544. The number of benzene rings is 1. The maximum Gasteiger partial charge on any atom is 0.263 e. The molecule has 0 aliphatic carbocycles. The molecular weight excluding hydrogens is 434 g/mol. The molecule has 2 bridgehead atoms. The number of thiophene rings is 1. The van der Waals surface area contributed by atoms with Gasteiger partial charge in [-0.05, 0) is 38.3 Å². The van der Waals surface area contributed by atoms with Crippen LogP contribution in [-0.2, 0) is 6.42 Å². The first-order chi connectivity index (χ1) is 15.4. The normalized spacial score (nSPS) is 20.2. The number of rotatable bonds is 5. The molecule has 2 atom stereocenters. The fourth-order valence-electron chi connectivity index (χ4n) is 4.54. The Balaban J connectivity index is 1.25. The van der Waals surface area contributed by atoms with Crippen molar-refractivity contribution in [2.75, 3.05) is 30.3 Å². The third kappa shape index (κ3) is 3.88. The number of nitrogens with zero attached hydrogens (tertiary/aromatic N) is 3. The SMILES string of the molecule is Cc1cnc2c(N)c(C(=O)NCCc3c(F)cc(N4CC5CCC(C4)N5)cc3F)sc2n1. The van der Waals surface area contributed by atoms with Gasteiger partial charge in [0.2, 0.25) is 0 Å². The van der Waals surface area contributed by atoms with Gasteiger partial charge in [0.05, 0.1) is 11.4 Å². The minimum absolute atomic E-state index is 0.0320. The molecule has 32 heavy (non-hydrogen) atoms. The largest absolute Gasteiger partial charge is 0.396 e. The number of hydrogen-bond donors (Lipinski definition) is 3. The number of carbonyl (C=O) groups is 1. The van der Waals surface area contributed by atoms with E-state index in [1.807, 2.05) is 11.8 Å². The van der Waals surface area contributed by atoms with Crippen molar-refractivity contribution in [3.63, 3.8) is 0 Å². The Morgan fingerprint density at radius 2 is 1.97 bits per heavy atom. The Hall–Kier alpha value is -2.85. The zero-order chi connectivity index (χ0) is 22.4. The standard InChI is InChI=1S/C22H24F2N6OS/c1-11-8-27-19-18(25)20(32-22(19)28-11)21(31)26-5-4-15-16(23)6-14(7-17(15)24)30-9-12-2-3-13(10-30)29-12/h6-8,12-13,29H,2-5,9-10,25H2,1H3,(H,26,31). The van der Waals surface area contributed by atoms with Crippen LogP contribution in [0, 0.1) is 18.6 Å². The Bertz CT molecular complexity index is 1160. The molecule has 2 aromatic heterocycles. The Morgan fingerprint density at radius 3 is 2.66 bits per heavy atom. The minimum atomic E-state index is -0.592. The molecule has 10 heteroatoms. The van der Waals surface area contributed by atoms with E-state index in [0.29, 0.717) is 33.0 Å². The second kappa shape index (κ2) is 8.25. The fraction of sp³-hybridized carbons (Fsp3) is 0.409. The molecule has 0 spiro atoms. The Morgan fingerprint density at radius 1 is 1.28 bits per heavy atom. The molecule has 168 valence electrons. The number of carbonyl (C=O) groups excluding carboxylic acids is 1. The molecule has 2 aliphatic rings. The summed E-state index contributed by atoms with van der Waals surface area (Å²) in [5.74, 6) is -1.59. The molecule has 5 rings (SSSR count). The highest BCUT2D eigenvalue weighted by molar-refractivity contribution is 7.21. The lowest BCUT2D eigenvalue weighted by Gasteiger charge is -2.34. The van der Waals surface area contributed by atoms with Crippen LogP contribution in [0.15, 0.2) is 18.3 Å². The topological polar surface area (TPSA) is 96.2 Å². The average Bonchev–Trinajstić information content (AvgIpc) is 3.27. The van der Waals surface area contributed by atoms with Gasteiger partial charge in [-0.15, -0.1) is 11.3 Å². The number of nitrogen functional groups attached to an aromatic ring is 1. The number of piperazine rings is 1. The van der Waals surface area contributed by atoms with Crippen molar-refractivity contribution in [2.45, 2.75) is 38.3 Å². The third-order valence-corrected chi connectivity index (χ3v) is 7.22. The van der Waals surface area contributed by atoms with Crippen molar-refractivity contribution in [1.29, 1.82) is 0 Å². The number of nitrogens with two attached hydrogens (primary N) is 1. The zero-order valence-corrected chi connectivity index (χ0v) is 18.4. The number of aryl methyl sites for hydroxylation is 1. The van der Waals surface area contributed by atoms with Crippen molar-refractivity contribution >= 4 is 39.0 Å². The summed E-state index contributed by atoms with van der Waals surface area (Å²) in [6, 6.07) is 3.55. The van der Waals surface area contributed by atoms with Gasteiger partial charge in [0.25, 0.3) is 5.91 Å². The summed E-state index contributed by atoms with van der Waals surface area (Å²) >= 11 is 1.15. The van der Waals surface area contributed by atoms with Crippen molar-refractivity contribution in [3.8, 4) is 0 Å². The third-order valence-electron chi connectivity index (χ3n) is 6.13. The van der Waals surface area contributed by atoms with Crippen molar-refractivity contribution in [2.24, 2.45) is 0 Å². The van der Waals surface area contributed by atoms with Gasteiger partial charge in [0.15, 0.2) is 0 Å². The summed E-state index contributed by atoms with van der Waals surface area (Å²) in [6.45, 7) is 3.40. The molecule has 2 unspecified atom stereocenters. The molecule has 2 fully saturated rings. The van der Waals surface area contributed by atoms with Gasteiger partial charge in [-0.3, -0.25) is 4.79 Å². The molecule has 0 saturated carbocycles. The first-order valence-electron chi connectivity index (χ1n) is 10.7. The lowest BCUT2D eigenvalue weighted by Crippen LogP contribution is -2.51. The number of hydrogen-bond acceptors (Lipinski definition) is 7. The number of halogens is 2. The van der Waals surface area contributed by atoms with Gasteiger partial charge < -0.3 is 21.3 Å². The van der Waals surface area contributed by atoms with Crippen LogP contribution in [0.3, 0.4) is 0 Å². The summed E-state index contributed by atoms with van der Waals surface area (Å²) in [7, 11) is 0. The molecule has 3 aromatic rings. The predicted octanol–water partition coefficient (Wildman–Crippen LogP) is 2.77. The lowest BCUT2D eigenvalue weighted by atomic mass is 10.1. The van der Waals surface area contributed by atoms with Crippen LogP contribution in [0.4, 0.5) is 20.2 Å². The van der Waals surface area contributed by atoms with Crippen LogP contribution in [0.2, 0.25) is 0 Å². The van der Waals surface area contributed by atoms with Crippen molar-refractivity contribution in [3.05, 3.63) is 46.1 Å². The maximum atomic E-state index is 14.7. The van der Waals surface area contributed by atoms with E-state index in [4.69, 9.17) is 5.73 Å². The first-order valence-corrected chi connectivity index (χ1v) is 11.5. The first kappa shape index (κ1) is 21.0. The van der Waals surface area contributed by atoms with E-state index in [9.17, 15) is 13.6 Å². The Labute approximate surface area is 188 Å². The van der Waals surface area contributed by atoms with Gasteiger partial charge >= 0.3 is 0 Å². The molecule has 1 aromatic carbocycles. The van der Waals surface area contributed by atoms with Crippen molar-refractivity contribution in [1.82, 2.24) is 20.6 Å². The second-order valence-corrected chi connectivity index (χ2v) is 9.45. The molecular formula is C22H24F2N6OS. The summed E-state index contributed by atoms with van der Waals surface area (Å²) in [4.78, 5) is 24.1. The number of aromatic nitrogens is 2. The number of nitrogens with one attached hydrogen (secondary N) is 2. The van der Waals surface area contributed by atoms with Crippen LogP contribution < -0.4 is 21.3 Å². The van der Waals surface area contributed by atoms with E-state index in [1.165, 1.54) is 12.1 Å². The second-order valence-electron chi connectivity index (χ2n) is 8.45. The number of anilines is 2. The van der Waals surface area contributed by atoms with Gasteiger partial charge in [-0.2, -0.15) is 0 Å². The zero-order valence-electron chi connectivity index (χ0n) is 17.6. The lowest BCUT2D eigenvalue weighted by molar-refractivity contribution is 0.0958. The van der Waals surface area contributed by atoms with E-state index in [-0.39, 0.29) is 24.2 Å². The van der Waals surface area contributed by atoms with Crippen LogP contribution in [0.5, 0.6) is 0 Å². The highest BCUT2D eigenvalue weighted by Gasteiger charge is 2.32. The van der Waals surface area contributed by atoms with E-state index in [2.05, 4.69) is 20.6 Å². The fourth-order valence-corrected chi connectivity index (χ4v) is 5.55. The summed E-state index contributed by atoms with van der Waals surface area (Å²) in [5, 5.41) is 6.21. The number of amides is 1. The van der Waals surface area contributed by atoms with E-state index in [0.717, 1.165) is 43.0 Å². The molecule has 0 radical (unpaired) electrons. The van der Waals surface area contributed by atoms with Crippen LogP contribution in [0.25, 0.3) is 10.3 Å². The number of fused-ring (bicyclic) bond motifs is 3. The molecule has 7 nitrogen and oxygen atoms in total. The van der Waals surface area contributed by atoms with Crippen LogP contribution >= 0.6 is 11.3 Å². The monoisotopic (exact) mass is 458 g/mol. The van der Waals surface area contributed by atoms with Crippen LogP contribution in [0.1, 0.15) is 33.8 Å². The van der Waals surface area contributed by atoms with Gasteiger partial charge in [0.1, 0.15) is 26.9 Å². The Kier molecular flexibility index (Phi) is 5.42. The molecule has 2 saturated heterocycles. The molecule has 4 heterocycles. The smallest absolute Gasteiger partial charge is 0.263 e. The molecule has 1 amide bonds. The summed E-state index contributed by atoms with van der Waals surface area (Å²) < 4.78 is 29.5. The summed E-state index contributed by atoms with van der Waals surface area (Å²) in [6.07, 6.45) is 3.82. The van der Waals surface area contributed by atoms with Gasteiger partial charge in [-0.1, -0.05) is 0 Å². The van der Waals surface area contributed by atoms with Crippen LogP contribution in [-0.4, -0.2) is 47.6 Å². The molecule has 4 N–H and O–H groups in total. The van der Waals surface area contributed by atoms with E-state index < -0.39 is 17.5 Å². The van der Waals surface area contributed by atoms with E-state index >= 15 is 0 Å². The minimum Gasteiger partial charge on any atom is -0.396 e. The maximum absolute atomic E-state index is 14.7. The van der Waals surface area contributed by atoms with E-state index in [1.54, 1.807) is 6.20 Å². The average molecular weight is 459 g/mol. The molecule has 2 aliphatic heterocycles. The van der Waals surface area contributed by atoms with Gasteiger partial charge in [-0.25, -0.2) is 18.7 Å². The predicted molar refractivity (Wildman–Crippen MR) is 121 cm³/mol. The van der Waals surface area contributed by atoms with Gasteiger partial charge in [0, 0.05) is 49.2 Å². The van der Waals surface area contributed by atoms with Crippen molar-refractivity contribution < 1.29 is 13.6 Å². The highest BCUT2D eigenvalue weighted by Crippen LogP contribution is 2.31. The highest BCUT2D eigenvalue weighted by atomic mass is 32.1. The summed E-state index contributed by atoms with van der Waals surface area (Å²) in [5.41, 5.74) is 8.07.